The van der Waals surface area contributed by atoms with Crippen LogP contribution >= 0.6 is 22.6 Å². The van der Waals surface area contributed by atoms with Gasteiger partial charge < -0.3 is 10.1 Å². The Labute approximate surface area is 150 Å². The molecule has 1 unspecified atom stereocenters. The lowest BCUT2D eigenvalue weighted by Gasteiger charge is -2.35. The molecule has 0 aromatic heterocycles. The van der Waals surface area contributed by atoms with Crippen LogP contribution in [0.15, 0.2) is 18.2 Å². The molecule has 0 saturated carbocycles. The summed E-state index contributed by atoms with van der Waals surface area (Å²) in [5.41, 5.74) is 0.525. The number of amides is 1. The highest BCUT2D eigenvalue weighted by Gasteiger charge is 2.23. The summed E-state index contributed by atoms with van der Waals surface area (Å²) in [6, 6.07) is 4.55. The molecule has 1 atom stereocenters. The van der Waals surface area contributed by atoms with Crippen molar-refractivity contribution in [2.24, 2.45) is 5.92 Å². The van der Waals surface area contributed by atoms with Gasteiger partial charge in [-0.1, -0.05) is 13.8 Å². The van der Waals surface area contributed by atoms with Crippen molar-refractivity contribution in [3.63, 3.8) is 0 Å². The van der Waals surface area contributed by atoms with E-state index in [0.29, 0.717) is 27.6 Å². The average molecular weight is 434 g/mol. The number of carbonyl (C=O) groups excluding carboxylic acids is 1. The van der Waals surface area contributed by atoms with Crippen molar-refractivity contribution in [1.29, 1.82) is 0 Å². The van der Waals surface area contributed by atoms with E-state index in [9.17, 15) is 9.18 Å². The molecular weight excluding hydrogens is 410 g/mol. The summed E-state index contributed by atoms with van der Waals surface area (Å²) in [5, 5.41) is 3.01. The fraction of sp³-hybridized carbons (Fsp3) is 0.588. The molecule has 1 saturated heterocycles. The maximum Gasteiger partial charge on any atom is 0.252 e. The van der Waals surface area contributed by atoms with Gasteiger partial charge in [0.25, 0.3) is 5.91 Å². The molecule has 1 aromatic rings. The van der Waals surface area contributed by atoms with Gasteiger partial charge in [-0.05, 0) is 53.1 Å². The Hall–Kier alpha value is -0.730. The molecule has 128 valence electrons. The van der Waals surface area contributed by atoms with E-state index < -0.39 is 0 Å². The van der Waals surface area contributed by atoms with E-state index in [1.165, 1.54) is 12.1 Å². The summed E-state index contributed by atoms with van der Waals surface area (Å²) < 4.78 is 19.2. The number of ether oxygens (including phenoxy) is 1. The van der Waals surface area contributed by atoms with Gasteiger partial charge in [-0.25, -0.2) is 4.39 Å². The first-order valence-electron chi connectivity index (χ1n) is 8.02. The SMILES string of the molecule is CC(C)CC(CNC(=O)c1ccc(F)cc1I)N1CCOCC1. The minimum atomic E-state index is -0.322. The van der Waals surface area contributed by atoms with Crippen LogP contribution in [0.3, 0.4) is 0 Å². The van der Waals surface area contributed by atoms with E-state index in [4.69, 9.17) is 4.74 Å². The topological polar surface area (TPSA) is 41.6 Å². The first kappa shape index (κ1) is 18.6. The lowest BCUT2D eigenvalue weighted by molar-refractivity contribution is 0.0124. The van der Waals surface area contributed by atoms with Crippen molar-refractivity contribution in [1.82, 2.24) is 10.2 Å². The van der Waals surface area contributed by atoms with Crippen LogP contribution < -0.4 is 5.32 Å². The van der Waals surface area contributed by atoms with Gasteiger partial charge in [-0.2, -0.15) is 0 Å². The van der Waals surface area contributed by atoms with Crippen LogP contribution in [0.25, 0.3) is 0 Å². The van der Waals surface area contributed by atoms with Crippen LogP contribution in [0.4, 0.5) is 4.39 Å². The number of morpholine rings is 1. The number of hydrogen-bond donors (Lipinski definition) is 1. The van der Waals surface area contributed by atoms with Crippen LogP contribution in [0.1, 0.15) is 30.6 Å². The van der Waals surface area contributed by atoms with Crippen molar-refractivity contribution in [2.45, 2.75) is 26.3 Å². The smallest absolute Gasteiger partial charge is 0.252 e. The second-order valence-corrected chi connectivity index (χ2v) is 7.43. The summed E-state index contributed by atoms with van der Waals surface area (Å²) in [4.78, 5) is 14.8. The first-order chi connectivity index (χ1) is 11.0. The highest BCUT2D eigenvalue weighted by Crippen LogP contribution is 2.15. The zero-order valence-electron chi connectivity index (χ0n) is 13.6. The van der Waals surface area contributed by atoms with Gasteiger partial charge >= 0.3 is 0 Å². The third-order valence-electron chi connectivity index (χ3n) is 3.98. The lowest BCUT2D eigenvalue weighted by atomic mass is 10.0. The van der Waals surface area contributed by atoms with Gasteiger partial charge in [0.15, 0.2) is 0 Å². The first-order valence-corrected chi connectivity index (χ1v) is 9.10. The second-order valence-electron chi connectivity index (χ2n) is 6.27. The second kappa shape index (κ2) is 8.94. The predicted molar refractivity (Wildman–Crippen MR) is 97.1 cm³/mol. The normalized spacial score (nSPS) is 17.3. The minimum absolute atomic E-state index is 0.142. The molecular formula is C17H24FIN2O2. The number of nitrogens with one attached hydrogen (secondary N) is 1. The molecule has 0 radical (unpaired) electrons. The largest absolute Gasteiger partial charge is 0.379 e. The molecule has 23 heavy (non-hydrogen) atoms. The minimum Gasteiger partial charge on any atom is -0.379 e. The fourth-order valence-electron chi connectivity index (χ4n) is 2.83. The Balaban J connectivity index is 1.97. The molecule has 0 aliphatic carbocycles. The van der Waals surface area contributed by atoms with Crippen molar-refractivity contribution in [2.75, 3.05) is 32.8 Å². The third kappa shape index (κ3) is 5.69. The van der Waals surface area contributed by atoms with Crippen molar-refractivity contribution in [3.05, 3.63) is 33.1 Å². The summed E-state index contributed by atoms with van der Waals surface area (Å²) in [5.74, 6) is 0.0964. The van der Waals surface area contributed by atoms with Crippen LogP contribution in [-0.4, -0.2) is 49.7 Å². The van der Waals surface area contributed by atoms with Gasteiger partial charge in [0, 0.05) is 29.2 Å². The van der Waals surface area contributed by atoms with E-state index in [1.54, 1.807) is 6.07 Å². The monoisotopic (exact) mass is 434 g/mol. The molecule has 1 aliphatic rings. The highest BCUT2D eigenvalue weighted by molar-refractivity contribution is 14.1. The lowest BCUT2D eigenvalue weighted by Crippen LogP contribution is -2.49. The van der Waals surface area contributed by atoms with E-state index in [1.807, 2.05) is 22.6 Å². The zero-order valence-corrected chi connectivity index (χ0v) is 15.8. The third-order valence-corrected chi connectivity index (χ3v) is 4.87. The molecule has 1 amide bonds. The molecule has 4 nitrogen and oxygen atoms in total. The molecule has 6 heteroatoms. The maximum atomic E-state index is 13.2. The molecule has 1 aliphatic heterocycles. The van der Waals surface area contributed by atoms with Crippen molar-refractivity contribution in [3.8, 4) is 0 Å². The highest BCUT2D eigenvalue weighted by atomic mass is 127. The molecule has 0 bridgehead atoms. The van der Waals surface area contributed by atoms with Crippen LogP contribution in [0, 0.1) is 15.3 Å². The van der Waals surface area contributed by atoms with Crippen LogP contribution in [-0.2, 0) is 4.74 Å². The van der Waals surface area contributed by atoms with Gasteiger partial charge in [0.05, 0.1) is 18.8 Å². The summed E-state index contributed by atoms with van der Waals surface area (Å²) in [6.07, 6.45) is 1.03. The predicted octanol–water partition coefficient (Wildman–Crippen LogP) is 2.91. The number of carbonyl (C=O) groups is 1. The van der Waals surface area contributed by atoms with Gasteiger partial charge in [-0.15, -0.1) is 0 Å². The van der Waals surface area contributed by atoms with E-state index >= 15 is 0 Å². The quantitative estimate of drug-likeness (QED) is 0.701. The zero-order chi connectivity index (χ0) is 16.8. The standard InChI is InChI=1S/C17H24FIN2O2/c1-12(2)9-14(21-5-7-23-8-6-21)11-20-17(22)15-4-3-13(18)10-16(15)19/h3-4,10,12,14H,5-9,11H2,1-2H3,(H,20,22). The molecule has 1 heterocycles. The average Bonchev–Trinajstić information content (AvgIpc) is 2.51. The Morgan fingerprint density at radius 3 is 2.70 bits per heavy atom. The Kier molecular flexibility index (Phi) is 7.23. The summed E-state index contributed by atoms with van der Waals surface area (Å²) >= 11 is 1.99. The number of benzene rings is 1. The van der Waals surface area contributed by atoms with Crippen molar-refractivity contribution >= 4 is 28.5 Å². The van der Waals surface area contributed by atoms with E-state index in [0.717, 1.165) is 32.7 Å². The Morgan fingerprint density at radius 1 is 1.39 bits per heavy atom. The molecule has 0 spiro atoms. The number of hydrogen-bond acceptors (Lipinski definition) is 3. The number of rotatable bonds is 6. The van der Waals surface area contributed by atoms with Gasteiger partial charge in [-0.3, -0.25) is 9.69 Å². The maximum absolute atomic E-state index is 13.2. The van der Waals surface area contributed by atoms with Gasteiger partial charge in [0.1, 0.15) is 5.82 Å². The molecule has 1 N–H and O–H groups in total. The summed E-state index contributed by atoms with van der Waals surface area (Å²) in [6.45, 7) is 8.29. The van der Waals surface area contributed by atoms with Gasteiger partial charge in [0.2, 0.25) is 0 Å². The van der Waals surface area contributed by atoms with Crippen LogP contribution in [0.2, 0.25) is 0 Å². The number of halogens is 2. The Bertz CT molecular complexity index is 533. The number of nitrogens with zero attached hydrogens (tertiary/aromatic N) is 1. The molecule has 2 rings (SSSR count). The van der Waals surface area contributed by atoms with Crippen LogP contribution in [0.5, 0.6) is 0 Å². The fourth-order valence-corrected chi connectivity index (χ4v) is 3.55. The summed E-state index contributed by atoms with van der Waals surface area (Å²) in [7, 11) is 0. The Morgan fingerprint density at radius 2 is 2.09 bits per heavy atom. The van der Waals surface area contributed by atoms with Crippen molar-refractivity contribution < 1.29 is 13.9 Å². The van der Waals surface area contributed by atoms with E-state index in [-0.39, 0.29) is 11.7 Å². The molecule has 1 fully saturated rings. The van der Waals surface area contributed by atoms with E-state index in [2.05, 4.69) is 24.1 Å². The molecule has 1 aromatic carbocycles.